The largest absolute Gasteiger partial charge is 0.347 e. The Morgan fingerprint density at radius 1 is 1.36 bits per heavy atom. The van der Waals surface area contributed by atoms with E-state index in [4.69, 9.17) is 12.2 Å². The average molecular weight is 211 g/mol. The second-order valence-corrected chi connectivity index (χ2v) is 4.18. The predicted octanol–water partition coefficient (Wildman–Crippen LogP) is 1.86. The van der Waals surface area contributed by atoms with Crippen LogP contribution in [0, 0.1) is 18.5 Å². The molecule has 0 radical (unpaired) electrons. The van der Waals surface area contributed by atoms with E-state index in [9.17, 15) is 0 Å². The molecule has 4 heteroatoms. The minimum atomic E-state index is 0.718. The summed E-state index contributed by atoms with van der Waals surface area (Å²) < 4.78 is 0.718. The van der Waals surface area contributed by atoms with Crippen molar-refractivity contribution in [2.45, 2.75) is 20.3 Å². The molecule has 78 valence electrons. The topological polar surface area (TPSA) is 31.9 Å². The summed E-state index contributed by atoms with van der Waals surface area (Å²) in [7, 11) is 4.10. The normalized spacial score (nSPS) is 10.9. The van der Waals surface area contributed by atoms with Crippen molar-refractivity contribution in [3.05, 3.63) is 21.7 Å². The Balaban J connectivity index is 2.85. The number of nitrogens with zero attached hydrogens (tertiary/aromatic N) is 2. The second-order valence-electron chi connectivity index (χ2n) is 3.79. The maximum atomic E-state index is 5.16. The molecular formula is C10H17N3S. The lowest BCUT2D eigenvalue weighted by Crippen LogP contribution is -2.16. The van der Waals surface area contributed by atoms with E-state index in [1.807, 2.05) is 13.8 Å². The second kappa shape index (κ2) is 4.66. The van der Waals surface area contributed by atoms with E-state index < -0.39 is 0 Å². The van der Waals surface area contributed by atoms with Crippen molar-refractivity contribution in [2.24, 2.45) is 0 Å². The molecule has 0 aromatic carbocycles. The molecule has 1 aromatic heterocycles. The van der Waals surface area contributed by atoms with Crippen LogP contribution in [0.4, 0.5) is 0 Å². The van der Waals surface area contributed by atoms with Gasteiger partial charge in [-0.05, 0) is 27.9 Å². The zero-order chi connectivity index (χ0) is 10.7. The molecule has 0 aliphatic heterocycles. The number of aryl methyl sites for hydroxylation is 1. The monoisotopic (exact) mass is 211 g/mol. The average Bonchev–Trinajstić information content (AvgIpc) is 2.10. The molecule has 0 fully saturated rings. The van der Waals surface area contributed by atoms with Gasteiger partial charge in [-0.3, -0.25) is 0 Å². The summed E-state index contributed by atoms with van der Waals surface area (Å²) >= 11 is 5.16. The first-order valence-electron chi connectivity index (χ1n) is 4.72. The Labute approximate surface area is 90.2 Å². The molecule has 0 unspecified atom stereocenters. The quantitative estimate of drug-likeness (QED) is 0.774. The van der Waals surface area contributed by atoms with Crippen LogP contribution >= 0.6 is 12.2 Å². The van der Waals surface area contributed by atoms with Crippen molar-refractivity contribution in [1.82, 2.24) is 14.9 Å². The van der Waals surface area contributed by atoms with Crippen LogP contribution in [0.15, 0.2) is 0 Å². The van der Waals surface area contributed by atoms with Gasteiger partial charge in [0, 0.05) is 24.2 Å². The first kappa shape index (κ1) is 11.3. The van der Waals surface area contributed by atoms with Crippen LogP contribution in [0.2, 0.25) is 0 Å². The summed E-state index contributed by atoms with van der Waals surface area (Å²) in [5, 5.41) is 0. The highest BCUT2D eigenvalue weighted by Crippen LogP contribution is 2.05. The summed E-state index contributed by atoms with van der Waals surface area (Å²) in [6, 6.07) is 0. The number of hydrogen-bond donors (Lipinski definition) is 1. The summed E-state index contributed by atoms with van der Waals surface area (Å²) in [6.07, 6.45) is 0.914. The zero-order valence-electron chi connectivity index (χ0n) is 9.22. The lowest BCUT2D eigenvalue weighted by molar-refractivity contribution is 0.409. The molecule has 1 rings (SSSR count). The third kappa shape index (κ3) is 2.89. The third-order valence-electron chi connectivity index (χ3n) is 2.25. The first-order chi connectivity index (χ1) is 6.50. The van der Waals surface area contributed by atoms with Gasteiger partial charge in [0.15, 0.2) is 0 Å². The molecular weight excluding hydrogens is 194 g/mol. The molecule has 14 heavy (non-hydrogen) atoms. The summed E-state index contributed by atoms with van der Waals surface area (Å²) in [5.74, 6) is 0.979. The van der Waals surface area contributed by atoms with Gasteiger partial charge < -0.3 is 9.88 Å². The smallest absolute Gasteiger partial charge is 0.132 e. The van der Waals surface area contributed by atoms with Gasteiger partial charge in [0.1, 0.15) is 10.5 Å². The molecule has 3 nitrogen and oxygen atoms in total. The molecule has 0 aliphatic carbocycles. The SMILES string of the molecule is Cc1[nH]c(CCN(C)C)nc(=S)c1C. The fourth-order valence-electron chi connectivity index (χ4n) is 1.15. The number of nitrogens with one attached hydrogen (secondary N) is 1. The van der Waals surface area contributed by atoms with Gasteiger partial charge in [-0.1, -0.05) is 12.2 Å². The van der Waals surface area contributed by atoms with Gasteiger partial charge in [0.2, 0.25) is 0 Å². The lowest BCUT2D eigenvalue weighted by Gasteiger charge is -2.10. The van der Waals surface area contributed by atoms with Crippen molar-refractivity contribution in [3.8, 4) is 0 Å². The van der Waals surface area contributed by atoms with Crippen LogP contribution in [-0.4, -0.2) is 35.5 Å². The van der Waals surface area contributed by atoms with Crippen LogP contribution in [0.1, 0.15) is 17.1 Å². The van der Waals surface area contributed by atoms with E-state index in [2.05, 4.69) is 29.0 Å². The van der Waals surface area contributed by atoms with Crippen molar-refractivity contribution in [2.75, 3.05) is 20.6 Å². The van der Waals surface area contributed by atoms with Crippen molar-refractivity contribution >= 4 is 12.2 Å². The molecule has 0 aliphatic rings. The standard InChI is InChI=1S/C10H17N3S/c1-7-8(2)11-9(12-10(7)14)5-6-13(3)4/h5-6H2,1-4H3,(H,11,12,14). The van der Waals surface area contributed by atoms with Crippen molar-refractivity contribution in [1.29, 1.82) is 0 Å². The molecule has 0 saturated carbocycles. The number of likely N-dealkylation sites (N-methyl/N-ethyl adjacent to an activating group) is 1. The summed E-state index contributed by atoms with van der Waals surface area (Å²) in [4.78, 5) is 9.74. The fraction of sp³-hybridized carbons (Fsp3) is 0.600. The zero-order valence-corrected chi connectivity index (χ0v) is 10.0. The minimum Gasteiger partial charge on any atom is -0.347 e. The lowest BCUT2D eigenvalue weighted by atomic mass is 10.2. The van der Waals surface area contributed by atoms with E-state index in [1.165, 1.54) is 0 Å². The Hall–Kier alpha value is -0.740. The number of aromatic nitrogens is 2. The van der Waals surface area contributed by atoms with Gasteiger partial charge in [-0.25, -0.2) is 4.98 Å². The van der Waals surface area contributed by atoms with Gasteiger partial charge in [-0.15, -0.1) is 0 Å². The molecule has 0 saturated heterocycles. The summed E-state index contributed by atoms with van der Waals surface area (Å²) in [5.41, 5.74) is 2.20. The third-order valence-corrected chi connectivity index (χ3v) is 2.64. The van der Waals surface area contributed by atoms with Crippen LogP contribution in [0.5, 0.6) is 0 Å². The molecule has 0 bridgehead atoms. The molecule has 1 heterocycles. The number of rotatable bonds is 3. The highest BCUT2D eigenvalue weighted by molar-refractivity contribution is 7.71. The molecule has 1 aromatic rings. The predicted molar refractivity (Wildman–Crippen MR) is 61.2 cm³/mol. The van der Waals surface area contributed by atoms with Gasteiger partial charge in [0.05, 0.1) is 0 Å². The van der Waals surface area contributed by atoms with Crippen molar-refractivity contribution < 1.29 is 0 Å². The fourth-order valence-corrected chi connectivity index (χ4v) is 1.42. The molecule has 1 N–H and O–H groups in total. The molecule has 0 amide bonds. The van der Waals surface area contributed by atoms with Gasteiger partial charge in [-0.2, -0.15) is 0 Å². The number of hydrogen-bond acceptors (Lipinski definition) is 3. The highest BCUT2D eigenvalue weighted by Gasteiger charge is 2.01. The van der Waals surface area contributed by atoms with Gasteiger partial charge >= 0.3 is 0 Å². The van der Waals surface area contributed by atoms with Gasteiger partial charge in [0.25, 0.3) is 0 Å². The van der Waals surface area contributed by atoms with E-state index in [1.54, 1.807) is 0 Å². The Morgan fingerprint density at radius 2 is 2.00 bits per heavy atom. The van der Waals surface area contributed by atoms with E-state index in [0.717, 1.165) is 34.7 Å². The first-order valence-corrected chi connectivity index (χ1v) is 5.12. The highest BCUT2D eigenvalue weighted by atomic mass is 32.1. The van der Waals surface area contributed by atoms with Crippen LogP contribution in [-0.2, 0) is 6.42 Å². The van der Waals surface area contributed by atoms with Crippen LogP contribution < -0.4 is 0 Å². The Morgan fingerprint density at radius 3 is 2.50 bits per heavy atom. The minimum absolute atomic E-state index is 0.718. The maximum absolute atomic E-state index is 5.16. The van der Waals surface area contributed by atoms with E-state index in [-0.39, 0.29) is 0 Å². The molecule has 0 atom stereocenters. The number of aromatic amines is 1. The van der Waals surface area contributed by atoms with Crippen molar-refractivity contribution in [3.63, 3.8) is 0 Å². The maximum Gasteiger partial charge on any atom is 0.132 e. The van der Waals surface area contributed by atoms with E-state index in [0.29, 0.717) is 0 Å². The Bertz CT molecular complexity index is 368. The van der Waals surface area contributed by atoms with Crippen LogP contribution in [0.3, 0.4) is 0 Å². The summed E-state index contributed by atoms with van der Waals surface area (Å²) in [6.45, 7) is 5.02. The van der Waals surface area contributed by atoms with E-state index >= 15 is 0 Å². The Kier molecular flexibility index (Phi) is 3.77. The van der Waals surface area contributed by atoms with Crippen LogP contribution in [0.25, 0.3) is 0 Å². The number of H-pyrrole nitrogens is 1. The molecule has 0 spiro atoms.